The van der Waals surface area contributed by atoms with Crippen molar-refractivity contribution in [3.05, 3.63) is 29.3 Å². The predicted octanol–water partition coefficient (Wildman–Crippen LogP) is 1.78. The number of carbonyl (C=O) groups excluding carboxylic acids is 1. The maximum absolute atomic E-state index is 11.6. The van der Waals surface area contributed by atoms with Crippen LogP contribution < -0.4 is 4.90 Å². The smallest absolute Gasteiger partial charge is 0.323 e. The Morgan fingerprint density at radius 3 is 2.63 bits per heavy atom. The molecule has 0 amide bonds. The van der Waals surface area contributed by atoms with E-state index in [1.165, 1.54) is 0 Å². The molecule has 0 aromatic heterocycles. The summed E-state index contributed by atoms with van der Waals surface area (Å²) in [5.74, 6) is -0.0591. The van der Waals surface area contributed by atoms with Crippen LogP contribution in [0.5, 0.6) is 0 Å². The largest absolute Gasteiger partial charge is 0.464 e. The number of hydrogen-bond donors (Lipinski definition) is 0. The first kappa shape index (κ1) is 12.8. The minimum Gasteiger partial charge on any atom is -0.464 e. The lowest BCUT2D eigenvalue weighted by Gasteiger charge is -2.37. The van der Waals surface area contributed by atoms with E-state index in [-0.39, 0.29) is 12.0 Å². The van der Waals surface area contributed by atoms with Gasteiger partial charge in [-0.2, -0.15) is 0 Å². The first-order valence-electron chi connectivity index (χ1n) is 6.65. The zero-order valence-corrected chi connectivity index (χ0v) is 11.5. The minimum absolute atomic E-state index is 0.0264. The molecule has 0 bridgehead atoms. The maximum Gasteiger partial charge on any atom is 0.323 e. The van der Waals surface area contributed by atoms with Gasteiger partial charge in [0.1, 0.15) is 6.04 Å². The van der Waals surface area contributed by atoms with Crippen molar-refractivity contribution < 1.29 is 9.53 Å². The van der Waals surface area contributed by atoms with Gasteiger partial charge in [0.15, 0.2) is 0 Å². The molecule has 0 saturated carbocycles. The average molecular weight is 281 g/mol. The number of hydrogen-bond acceptors (Lipinski definition) is 4. The quantitative estimate of drug-likeness (QED) is 0.773. The van der Waals surface area contributed by atoms with E-state index in [1.807, 2.05) is 18.2 Å². The Morgan fingerprint density at radius 2 is 2.00 bits per heavy atom. The molecule has 0 radical (unpaired) electrons. The normalized spacial score (nSPS) is 24.6. The van der Waals surface area contributed by atoms with Gasteiger partial charge in [0.05, 0.1) is 6.61 Å². The van der Waals surface area contributed by atoms with Crippen LogP contribution in [0.25, 0.3) is 0 Å². The Kier molecular flexibility index (Phi) is 3.62. The maximum atomic E-state index is 11.6. The highest BCUT2D eigenvalue weighted by atomic mass is 35.5. The summed E-state index contributed by atoms with van der Waals surface area (Å²) in [5.41, 5.74) is 1.15. The van der Waals surface area contributed by atoms with E-state index in [2.05, 4.69) is 15.9 Å². The third kappa shape index (κ3) is 2.69. The summed E-state index contributed by atoms with van der Waals surface area (Å²) in [6, 6.07) is 7.89. The molecule has 2 fully saturated rings. The molecule has 19 heavy (non-hydrogen) atoms. The van der Waals surface area contributed by atoms with Crippen LogP contribution in [-0.2, 0) is 9.53 Å². The van der Waals surface area contributed by atoms with Gasteiger partial charge in [-0.1, -0.05) is 17.7 Å². The van der Waals surface area contributed by atoms with Crippen LogP contribution in [0.1, 0.15) is 6.42 Å². The number of benzene rings is 1. The van der Waals surface area contributed by atoms with Gasteiger partial charge in [0.2, 0.25) is 0 Å². The van der Waals surface area contributed by atoms with Crippen molar-refractivity contribution in [2.75, 3.05) is 37.7 Å². The van der Waals surface area contributed by atoms with Crippen LogP contribution in [-0.4, -0.2) is 49.7 Å². The molecule has 2 saturated heterocycles. The lowest BCUT2D eigenvalue weighted by molar-refractivity contribution is -0.142. The molecule has 102 valence electrons. The minimum atomic E-state index is -0.0591. The first-order valence-corrected chi connectivity index (χ1v) is 7.03. The van der Waals surface area contributed by atoms with E-state index in [0.29, 0.717) is 6.61 Å². The van der Waals surface area contributed by atoms with Crippen molar-refractivity contribution in [1.82, 2.24) is 4.90 Å². The standard InChI is InChI=1S/C14H17ClN2O2/c15-11-2-1-3-12(10-11)16-5-7-17(8-6-16)13-4-9-19-14(13)18/h1-3,10,13H,4-9H2/t13-/m0/s1. The second kappa shape index (κ2) is 5.39. The number of halogens is 1. The van der Waals surface area contributed by atoms with Gasteiger partial charge in [0, 0.05) is 43.3 Å². The van der Waals surface area contributed by atoms with E-state index in [9.17, 15) is 4.79 Å². The Labute approximate surface area is 117 Å². The average Bonchev–Trinajstić information content (AvgIpc) is 2.85. The molecule has 5 heteroatoms. The molecule has 2 heterocycles. The Hall–Kier alpha value is -1.26. The van der Waals surface area contributed by atoms with Crippen LogP contribution in [0.4, 0.5) is 5.69 Å². The third-order valence-corrected chi connectivity index (χ3v) is 4.07. The van der Waals surface area contributed by atoms with Crippen molar-refractivity contribution in [2.45, 2.75) is 12.5 Å². The van der Waals surface area contributed by atoms with Crippen LogP contribution >= 0.6 is 11.6 Å². The molecule has 0 spiro atoms. The number of ether oxygens (including phenoxy) is 1. The second-order valence-corrected chi connectivity index (χ2v) is 5.41. The number of rotatable bonds is 2. The summed E-state index contributed by atoms with van der Waals surface area (Å²) in [7, 11) is 0. The zero-order chi connectivity index (χ0) is 13.2. The molecule has 4 nitrogen and oxygen atoms in total. The number of cyclic esters (lactones) is 1. The van der Waals surface area contributed by atoms with Crippen molar-refractivity contribution in [1.29, 1.82) is 0 Å². The van der Waals surface area contributed by atoms with E-state index in [0.717, 1.165) is 43.3 Å². The highest BCUT2D eigenvalue weighted by Crippen LogP contribution is 2.22. The highest BCUT2D eigenvalue weighted by Gasteiger charge is 2.33. The van der Waals surface area contributed by atoms with Gasteiger partial charge in [-0.05, 0) is 18.2 Å². The number of piperazine rings is 1. The Balaban J connectivity index is 1.61. The van der Waals surface area contributed by atoms with Crippen molar-refractivity contribution >= 4 is 23.3 Å². The molecule has 1 atom stereocenters. The Morgan fingerprint density at radius 1 is 1.21 bits per heavy atom. The summed E-state index contributed by atoms with van der Waals surface area (Å²) in [4.78, 5) is 16.1. The number of esters is 1. The molecular formula is C14H17ClN2O2. The fourth-order valence-corrected chi connectivity index (χ4v) is 2.97. The molecule has 0 aliphatic carbocycles. The summed E-state index contributed by atoms with van der Waals surface area (Å²) >= 11 is 6.02. The van der Waals surface area contributed by atoms with E-state index in [4.69, 9.17) is 16.3 Å². The van der Waals surface area contributed by atoms with Gasteiger partial charge in [0.25, 0.3) is 0 Å². The van der Waals surface area contributed by atoms with Gasteiger partial charge in [-0.15, -0.1) is 0 Å². The van der Waals surface area contributed by atoms with Crippen LogP contribution in [0.2, 0.25) is 5.02 Å². The molecule has 2 aliphatic rings. The molecule has 2 aliphatic heterocycles. The fraction of sp³-hybridized carbons (Fsp3) is 0.500. The van der Waals surface area contributed by atoms with Crippen LogP contribution in [0, 0.1) is 0 Å². The highest BCUT2D eigenvalue weighted by molar-refractivity contribution is 6.30. The molecule has 0 N–H and O–H groups in total. The van der Waals surface area contributed by atoms with Gasteiger partial charge >= 0.3 is 5.97 Å². The van der Waals surface area contributed by atoms with Crippen LogP contribution in [0.15, 0.2) is 24.3 Å². The molecular weight excluding hydrogens is 264 g/mol. The summed E-state index contributed by atoms with van der Waals surface area (Å²) in [6.45, 7) is 4.20. The van der Waals surface area contributed by atoms with Crippen LogP contribution in [0.3, 0.4) is 0 Å². The zero-order valence-electron chi connectivity index (χ0n) is 10.7. The first-order chi connectivity index (χ1) is 9.24. The molecule has 3 rings (SSSR count). The second-order valence-electron chi connectivity index (χ2n) is 4.97. The SMILES string of the molecule is O=C1OCC[C@@H]1N1CCN(c2cccc(Cl)c2)CC1. The van der Waals surface area contributed by atoms with Crippen molar-refractivity contribution in [3.8, 4) is 0 Å². The van der Waals surface area contributed by atoms with E-state index < -0.39 is 0 Å². The summed E-state index contributed by atoms with van der Waals surface area (Å²) < 4.78 is 5.03. The molecule has 0 unspecified atom stereocenters. The lowest BCUT2D eigenvalue weighted by atomic mass is 10.1. The Bertz CT molecular complexity index is 472. The fourth-order valence-electron chi connectivity index (χ4n) is 2.78. The number of anilines is 1. The van der Waals surface area contributed by atoms with Gasteiger partial charge in [-0.3, -0.25) is 9.69 Å². The molecule has 1 aromatic rings. The third-order valence-electron chi connectivity index (χ3n) is 3.84. The monoisotopic (exact) mass is 280 g/mol. The van der Waals surface area contributed by atoms with Gasteiger partial charge < -0.3 is 9.64 Å². The molecule has 1 aromatic carbocycles. The van der Waals surface area contributed by atoms with E-state index >= 15 is 0 Å². The van der Waals surface area contributed by atoms with Gasteiger partial charge in [-0.25, -0.2) is 0 Å². The number of nitrogens with zero attached hydrogens (tertiary/aromatic N) is 2. The van der Waals surface area contributed by atoms with Crippen molar-refractivity contribution in [2.24, 2.45) is 0 Å². The van der Waals surface area contributed by atoms with E-state index in [1.54, 1.807) is 0 Å². The topological polar surface area (TPSA) is 32.8 Å². The summed E-state index contributed by atoms with van der Waals surface area (Å²) in [6.07, 6.45) is 0.829. The summed E-state index contributed by atoms with van der Waals surface area (Å²) in [5, 5.41) is 0.763. The number of carbonyl (C=O) groups is 1. The predicted molar refractivity (Wildman–Crippen MR) is 74.6 cm³/mol. The van der Waals surface area contributed by atoms with Crippen molar-refractivity contribution in [3.63, 3.8) is 0 Å². The lowest BCUT2D eigenvalue weighted by Crippen LogP contribution is -2.51.